The molecule has 0 spiro atoms. The molecule has 1 fully saturated rings. The van der Waals surface area contributed by atoms with Crippen LogP contribution in [0.1, 0.15) is 16.9 Å². The quantitative estimate of drug-likeness (QED) is 0.609. The maximum absolute atomic E-state index is 13.3. The number of nitrogens with zero attached hydrogens (tertiary/aromatic N) is 3. The van der Waals surface area contributed by atoms with Gasteiger partial charge in [0.25, 0.3) is 11.8 Å². The largest absolute Gasteiger partial charge is 0.379 e. The first kappa shape index (κ1) is 20.8. The van der Waals surface area contributed by atoms with Crippen molar-refractivity contribution in [3.05, 3.63) is 64.0 Å². The molecule has 0 unspecified atom stereocenters. The maximum atomic E-state index is 13.3. The zero-order chi connectivity index (χ0) is 20.9. The molecule has 2 aliphatic heterocycles. The van der Waals surface area contributed by atoms with Gasteiger partial charge in [-0.05, 0) is 23.4 Å². The minimum absolute atomic E-state index is 0.181. The highest BCUT2D eigenvalue weighted by atomic mass is 32.1. The number of amides is 2. The van der Waals surface area contributed by atoms with Crippen LogP contribution in [0, 0.1) is 0 Å². The predicted molar refractivity (Wildman–Crippen MR) is 118 cm³/mol. The van der Waals surface area contributed by atoms with E-state index in [-0.39, 0.29) is 11.8 Å². The molecule has 2 amide bonds. The molecule has 0 aliphatic carbocycles. The number of rotatable bonds is 8. The van der Waals surface area contributed by atoms with Crippen LogP contribution in [0.2, 0.25) is 0 Å². The Morgan fingerprint density at radius 1 is 1.00 bits per heavy atom. The van der Waals surface area contributed by atoms with Gasteiger partial charge in [0.2, 0.25) is 0 Å². The molecule has 0 N–H and O–H groups in total. The molecule has 1 saturated heterocycles. The molecule has 0 bridgehead atoms. The lowest BCUT2D eigenvalue weighted by atomic mass is 10.1. The lowest BCUT2D eigenvalue weighted by Gasteiger charge is -2.27. The van der Waals surface area contributed by atoms with Crippen molar-refractivity contribution in [2.45, 2.75) is 13.0 Å². The first-order valence-corrected chi connectivity index (χ1v) is 11.2. The second-order valence-corrected chi connectivity index (χ2v) is 8.56. The summed E-state index contributed by atoms with van der Waals surface area (Å²) in [5.74, 6) is -0.372. The summed E-state index contributed by atoms with van der Waals surface area (Å²) in [4.78, 5) is 33.1. The minimum Gasteiger partial charge on any atom is -0.379 e. The number of hydrogen-bond donors (Lipinski definition) is 0. The van der Waals surface area contributed by atoms with E-state index in [0.717, 1.165) is 49.7 Å². The van der Waals surface area contributed by atoms with Crippen LogP contribution in [0.5, 0.6) is 0 Å². The second-order valence-electron chi connectivity index (χ2n) is 7.61. The van der Waals surface area contributed by atoms with E-state index < -0.39 is 0 Å². The summed E-state index contributed by atoms with van der Waals surface area (Å²) in [5, 5.41) is 1.94. The third-order valence-electron chi connectivity index (χ3n) is 5.52. The van der Waals surface area contributed by atoms with Gasteiger partial charge in [0, 0.05) is 44.6 Å². The molecule has 3 heterocycles. The summed E-state index contributed by atoms with van der Waals surface area (Å²) in [6.07, 6.45) is 0.769. The number of likely N-dealkylation sites (N-methyl/N-ethyl adjacent to an activating group) is 1. The summed E-state index contributed by atoms with van der Waals surface area (Å²) in [6.45, 7) is 5.19. The molecule has 0 radical (unpaired) electrons. The molecule has 0 atom stereocenters. The van der Waals surface area contributed by atoms with Gasteiger partial charge >= 0.3 is 0 Å². The van der Waals surface area contributed by atoms with Crippen molar-refractivity contribution in [1.29, 1.82) is 0 Å². The smallest absolute Gasteiger partial charge is 0.277 e. The first-order valence-electron chi connectivity index (χ1n) is 10.3. The number of thiophene rings is 1. The van der Waals surface area contributed by atoms with E-state index in [2.05, 4.69) is 4.90 Å². The number of morpholine rings is 1. The highest BCUT2D eigenvalue weighted by Gasteiger charge is 2.40. The van der Waals surface area contributed by atoms with E-state index in [1.54, 1.807) is 0 Å². The van der Waals surface area contributed by atoms with E-state index in [0.29, 0.717) is 24.4 Å². The highest BCUT2D eigenvalue weighted by Crippen LogP contribution is 2.34. The van der Waals surface area contributed by atoms with E-state index in [4.69, 9.17) is 4.74 Å². The predicted octanol–water partition coefficient (Wildman–Crippen LogP) is 2.68. The second kappa shape index (κ2) is 9.55. The molecule has 6 nitrogen and oxygen atoms in total. The maximum Gasteiger partial charge on any atom is 0.277 e. The van der Waals surface area contributed by atoms with Gasteiger partial charge < -0.3 is 9.64 Å². The number of hydrogen-bond acceptors (Lipinski definition) is 6. The van der Waals surface area contributed by atoms with Crippen molar-refractivity contribution in [1.82, 2.24) is 14.7 Å². The van der Waals surface area contributed by atoms with Crippen LogP contribution in [0.25, 0.3) is 5.57 Å². The van der Waals surface area contributed by atoms with Gasteiger partial charge in [-0.3, -0.25) is 19.4 Å². The van der Waals surface area contributed by atoms with E-state index in [1.807, 2.05) is 59.8 Å². The van der Waals surface area contributed by atoms with Crippen LogP contribution in [0.3, 0.4) is 0 Å². The monoisotopic (exact) mass is 425 g/mol. The van der Waals surface area contributed by atoms with E-state index >= 15 is 0 Å². The van der Waals surface area contributed by atoms with E-state index in [1.165, 1.54) is 16.2 Å². The highest BCUT2D eigenvalue weighted by molar-refractivity contribution is 7.11. The van der Waals surface area contributed by atoms with Gasteiger partial charge in [-0.15, -0.1) is 11.3 Å². The molecular weight excluding hydrogens is 398 g/mol. The number of imide groups is 1. The van der Waals surface area contributed by atoms with Gasteiger partial charge in [-0.1, -0.05) is 36.4 Å². The van der Waals surface area contributed by atoms with Crippen molar-refractivity contribution >= 4 is 28.7 Å². The Labute approximate surface area is 181 Å². The third kappa shape index (κ3) is 4.48. The van der Waals surface area contributed by atoms with E-state index in [9.17, 15) is 9.59 Å². The number of carbonyl (C=O) groups is 2. The SMILES string of the molecule is CN(Cc1ccccc1)C1=C(c2cccs2)C(=O)N(CCCN2CCOCC2)C1=O. The Morgan fingerprint density at radius 3 is 2.47 bits per heavy atom. The summed E-state index contributed by atoms with van der Waals surface area (Å²) in [6, 6.07) is 13.8. The average molecular weight is 426 g/mol. The number of ether oxygens (including phenoxy) is 1. The molecular formula is C23H27N3O3S. The fraction of sp³-hybridized carbons (Fsp3) is 0.391. The van der Waals surface area contributed by atoms with Gasteiger partial charge in [-0.25, -0.2) is 0 Å². The summed E-state index contributed by atoms with van der Waals surface area (Å²) in [5.41, 5.74) is 2.13. The topological polar surface area (TPSA) is 53.1 Å². The summed E-state index contributed by atoms with van der Waals surface area (Å²) < 4.78 is 5.39. The van der Waals surface area contributed by atoms with Gasteiger partial charge in [0.15, 0.2) is 0 Å². The zero-order valence-electron chi connectivity index (χ0n) is 17.3. The molecule has 158 valence electrons. The summed E-state index contributed by atoms with van der Waals surface area (Å²) in [7, 11) is 1.89. The van der Waals surface area contributed by atoms with Crippen molar-refractivity contribution < 1.29 is 14.3 Å². The Hall–Kier alpha value is -2.48. The normalized spacial score (nSPS) is 17.8. The van der Waals surface area contributed by atoms with Crippen LogP contribution in [0.4, 0.5) is 0 Å². The fourth-order valence-corrected chi connectivity index (χ4v) is 4.74. The van der Waals surface area contributed by atoms with Crippen molar-refractivity contribution in [2.75, 3.05) is 46.4 Å². The molecule has 0 saturated carbocycles. The Bertz CT molecular complexity index is 905. The lowest BCUT2D eigenvalue weighted by molar-refractivity contribution is -0.137. The Morgan fingerprint density at radius 2 is 1.77 bits per heavy atom. The van der Waals surface area contributed by atoms with Crippen LogP contribution < -0.4 is 0 Å². The molecule has 1 aromatic carbocycles. The number of carbonyl (C=O) groups excluding carboxylic acids is 2. The lowest BCUT2D eigenvalue weighted by Crippen LogP contribution is -2.39. The zero-order valence-corrected chi connectivity index (χ0v) is 18.1. The summed E-state index contributed by atoms with van der Waals surface area (Å²) >= 11 is 1.50. The molecule has 2 aromatic rings. The molecule has 30 heavy (non-hydrogen) atoms. The van der Waals surface area contributed by atoms with Gasteiger partial charge in [-0.2, -0.15) is 0 Å². The third-order valence-corrected chi connectivity index (χ3v) is 6.40. The Kier molecular flexibility index (Phi) is 6.62. The van der Waals surface area contributed by atoms with Crippen LogP contribution >= 0.6 is 11.3 Å². The minimum atomic E-state index is -0.191. The van der Waals surface area contributed by atoms with Crippen molar-refractivity contribution in [3.63, 3.8) is 0 Å². The van der Waals surface area contributed by atoms with Crippen LogP contribution in [-0.4, -0.2) is 73.0 Å². The van der Waals surface area contributed by atoms with Gasteiger partial charge in [0.1, 0.15) is 5.70 Å². The molecule has 1 aromatic heterocycles. The number of benzene rings is 1. The standard InChI is InChI=1S/C23H27N3O3S/c1-24(17-18-7-3-2-4-8-18)21-20(19-9-5-16-30-19)22(27)26(23(21)28)11-6-10-25-12-14-29-15-13-25/h2-5,7-9,16H,6,10-15,17H2,1H3. The molecule has 2 aliphatic rings. The van der Waals surface area contributed by atoms with Crippen LogP contribution in [0.15, 0.2) is 53.5 Å². The van der Waals surface area contributed by atoms with Crippen molar-refractivity contribution in [3.8, 4) is 0 Å². The van der Waals surface area contributed by atoms with Crippen molar-refractivity contribution in [2.24, 2.45) is 0 Å². The van der Waals surface area contributed by atoms with Gasteiger partial charge in [0.05, 0.1) is 18.8 Å². The molecule has 4 rings (SSSR count). The first-order chi connectivity index (χ1) is 14.6. The fourth-order valence-electron chi connectivity index (χ4n) is 3.98. The Balaban J connectivity index is 1.51. The molecule has 7 heteroatoms. The average Bonchev–Trinajstić information content (AvgIpc) is 3.37. The van der Waals surface area contributed by atoms with Crippen LogP contribution in [-0.2, 0) is 20.9 Å².